The average Bonchev–Trinajstić information content (AvgIpc) is 3.33. The molecule has 3 aliphatic heterocycles. The summed E-state index contributed by atoms with van der Waals surface area (Å²) in [4.78, 5) is 30.2. The average molecular weight is 483 g/mol. The minimum absolute atomic E-state index is 0.0598. The number of ether oxygens (including phenoxy) is 2. The van der Waals surface area contributed by atoms with Gasteiger partial charge in [-0.25, -0.2) is 0 Å². The van der Waals surface area contributed by atoms with Crippen molar-refractivity contribution in [2.45, 2.75) is 25.5 Å². The van der Waals surface area contributed by atoms with E-state index in [4.69, 9.17) is 21.1 Å². The van der Waals surface area contributed by atoms with Crippen LogP contribution in [0.2, 0.25) is 5.02 Å². The number of hydrogen-bond donors (Lipinski definition) is 1. The second-order valence-electron chi connectivity index (χ2n) is 8.96. The molecule has 0 bridgehead atoms. The summed E-state index contributed by atoms with van der Waals surface area (Å²) < 4.78 is 11.2. The van der Waals surface area contributed by atoms with E-state index in [0.29, 0.717) is 42.5 Å². The highest BCUT2D eigenvalue weighted by Crippen LogP contribution is 2.41. The van der Waals surface area contributed by atoms with E-state index in [0.717, 1.165) is 30.8 Å². The minimum atomic E-state index is -0.719. The number of benzene rings is 2. The molecule has 2 atom stereocenters. The van der Waals surface area contributed by atoms with Crippen LogP contribution in [0.3, 0.4) is 0 Å². The molecule has 8 heteroatoms. The molecule has 1 amide bonds. The number of ketones is 1. The summed E-state index contributed by atoms with van der Waals surface area (Å²) in [5, 5.41) is 11.8. The molecule has 3 heterocycles. The van der Waals surface area contributed by atoms with Crippen molar-refractivity contribution in [2.75, 3.05) is 39.4 Å². The highest BCUT2D eigenvalue weighted by molar-refractivity contribution is 6.46. The number of likely N-dealkylation sites (tertiary alicyclic amines) is 1. The van der Waals surface area contributed by atoms with E-state index in [9.17, 15) is 14.7 Å². The SMILES string of the molecule is C[C@@H]1Cc2cc(/C(O)=C3\C(=O)C(=O)N(CCN4CCOCC4)[C@H]3c3cccc(Cl)c3)ccc2O1. The van der Waals surface area contributed by atoms with Gasteiger partial charge in [0.2, 0.25) is 0 Å². The van der Waals surface area contributed by atoms with E-state index < -0.39 is 17.7 Å². The molecule has 2 aromatic carbocycles. The Labute approximate surface area is 203 Å². The zero-order valence-electron chi connectivity index (χ0n) is 19.0. The van der Waals surface area contributed by atoms with Crippen molar-refractivity contribution in [3.63, 3.8) is 0 Å². The summed E-state index contributed by atoms with van der Waals surface area (Å²) in [6, 6.07) is 11.7. The van der Waals surface area contributed by atoms with E-state index in [1.165, 1.54) is 0 Å². The van der Waals surface area contributed by atoms with Crippen LogP contribution in [0.4, 0.5) is 0 Å². The lowest BCUT2D eigenvalue weighted by Crippen LogP contribution is -2.42. The molecule has 1 N–H and O–H groups in total. The van der Waals surface area contributed by atoms with Crippen LogP contribution in [0.25, 0.3) is 5.76 Å². The lowest BCUT2D eigenvalue weighted by Gasteiger charge is -2.31. The molecule has 178 valence electrons. The van der Waals surface area contributed by atoms with Crippen LogP contribution in [-0.2, 0) is 20.7 Å². The predicted molar refractivity (Wildman–Crippen MR) is 128 cm³/mol. The van der Waals surface area contributed by atoms with Crippen LogP contribution in [0.1, 0.15) is 29.7 Å². The number of rotatable bonds is 5. The number of carbonyl (C=O) groups is 2. The molecule has 0 aromatic heterocycles. The van der Waals surface area contributed by atoms with Crippen molar-refractivity contribution in [3.8, 4) is 5.75 Å². The first-order chi connectivity index (χ1) is 16.4. The summed E-state index contributed by atoms with van der Waals surface area (Å²) in [5.74, 6) is -0.701. The van der Waals surface area contributed by atoms with E-state index in [1.54, 1.807) is 35.2 Å². The summed E-state index contributed by atoms with van der Waals surface area (Å²) >= 11 is 6.26. The molecular formula is C26H27ClN2O5. The van der Waals surface area contributed by atoms with Gasteiger partial charge in [0.05, 0.1) is 24.8 Å². The van der Waals surface area contributed by atoms with E-state index in [2.05, 4.69) is 4.90 Å². The number of Topliss-reactive ketones (excluding diaryl/α,β-unsaturated/α-hetero) is 1. The fourth-order valence-corrected chi connectivity index (χ4v) is 5.13. The fourth-order valence-electron chi connectivity index (χ4n) is 4.93. The second-order valence-corrected chi connectivity index (χ2v) is 9.39. The molecule has 0 aliphatic carbocycles. The number of amides is 1. The van der Waals surface area contributed by atoms with Gasteiger partial charge in [0, 0.05) is 43.2 Å². The molecule has 2 fully saturated rings. The number of carbonyl (C=O) groups excluding carboxylic acids is 2. The van der Waals surface area contributed by atoms with Crippen LogP contribution in [0.5, 0.6) is 5.75 Å². The smallest absolute Gasteiger partial charge is 0.295 e. The number of halogens is 1. The van der Waals surface area contributed by atoms with Crippen LogP contribution in [0, 0.1) is 0 Å². The van der Waals surface area contributed by atoms with Crippen molar-refractivity contribution in [3.05, 3.63) is 69.8 Å². The Balaban J connectivity index is 1.53. The lowest BCUT2D eigenvalue weighted by molar-refractivity contribution is -0.140. The fraction of sp³-hybridized carbons (Fsp3) is 0.385. The van der Waals surface area contributed by atoms with Crippen molar-refractivity contribution >= 4 is 29.1 Å². The van der Waals surface area contributed by atoms with Gasteiger partial charge in [-0.05, 0) is 48.4 Å². The molecule has 34 heavy (non-hydrogen) atoms. The van der Waals surface area contributed by atoms with Gasteiger partial charge in [0.1, 0.15) is 17.6 Å². The van der Waals surface area contributed by atoms with Gasteiger partial charge in [-0.2, -0.15) is 0 Å². The van der Waals surface area contributed by atoms with Crippen molar-refractivity contribution in [1.29, 1.82) is 0 Å². The molecular weight excluding hydrogens is 456 g/mol. The van der Waals surface area contributed by atoms with Gasteiger partial charge < -0.3 is 19.5 Å². The third kappa shape index (κ3) is 4.31. The molecule has 5 rings (SSSR count). The maximum absolute atomic E-state index is 13.2. The van der Waals surface area contributed by atoms with E-state index >= 15 is 0 Å². The van der Waals surface area contributed by atoms with Gasteiger partial charge in [-0.15, -0.1) is 0 Å². The lowest BCUT2D eigenvalue weighted by atomic mass is 9.94. The Kier molecular flexibility index (Phi) is 6.34. The van der Waals surface area contributed by atoms with Gasteiger partial charge in [0.25, 0.3) is 11.7 Å². The Bertz CT molecular complexity index is 1160. The van der Waals surface area contributed by atoms with Gasteiger partial charge in [0.15, 0.2) is 0 Å². The van der Waals surface area contributed by atoms with Crippen molar-refractivity contribution < 1.29 is 24.2 Å². The summed E-state index contributed by atoms with van der Waals surface area (Å²) in [6.45, 7) is 5.81. The molecule has 0 radical (unpaired) electrons. The molecule has 2 aromatic rings. The number of morpholine rings is 1. The largest absolute Gasteiger partial charge is 0.507 e. The Morgan fingerprint density at radius 1 is 1.12 bits per heavy atom. The third-order valence-corrected chi connectivity index (χ3v) is 6.87. The molecule has 0 spiro atoms. The highest BCUT2D eigenvalue weighted by Gasteiger charge is 2.46. The summed E-state index contributed by atoms with van der Waals surface area (Å²) in [6.07, 6.45) is 0.784. The van der Waals surface area contributed by atoms with Crippen molar-refractivity contribution in [2.24, 2.45) is 0 Å². The van der Waals surface area contributed by atoms with Crippen LogP contribution >= 0.6 is 11.6 Å². The van der Waals surface area contributed by atoms with Gasteiger partial charge in [-0.1, -0.05) is 23.7 Å². The number of hydrogen-bond acceptors (Lipinski definition) is 6. The standard InChI is InChI=1S/C26H27ClN2O5/c1-16-13-19-14-18(5-6-21(19)34-16)24(30)22-23(17-3-2-4-20(27)15-17)29(26(32)25(22)31)8-7-28-9-11-33-12-10-28/h2-6,14-16,23,30H,7-13H2,1H3/b24-22+/t16-,23+/m1/s1. The first-order valence-electron chi connectivity index (χ1n) is 11.6. The predicted octanol–water partition coefficient (Wildman–Crippen LogP) is 3.42. The zero-order valence-corrected chi connectivity index (χ0v) is 19.8. The Morgan fingerprint density at radius 2 is 1.91 bits per heavy atom. The molecule has 3 aliphatic rings. The number of fused-ring (bicyclic) bond motifs is 1. The first-order valence-corrected chi connectivity index (χ1v) is 11.9. The summed E-state index contributed by atoms with van der Waals surface area (Å²) in [7, 11) is 0. The van der Waals surface area contributed by atoms with Crippen LogP contribution in [-0.4, -0.2) is 72.1 Å². The molecule has 0 unspecified atom stereocenters. The number of nitrogens with zero attached hydrogens (tertiary/aromatic N) is 2. The molecule has 0 saturated carbocycles. The minimum Gasteiger partial charge on any atom is -0.507 e. The monoisotopic (exact) mass is 482 g/mol. The second kappa shape index (κ2) is 9.41. The van der Waals surface area contributed by atoms with Crippen molar-refractivity contribution in [1.82, 2.24) is 9.80 Å². The van der Waals surface area contributed by atoms with Crippen LogP contribution < -0.4 is 4.74 Å². The first kappa shape index (κ1) is 22.9. The normalized spacial score (nSPS) is 24.4. The molecule has 7 nitrogen and oxygen atoms in total. The van der Waals surface area contributed by atoms with E-state index in [1.807, 2.05) is 19.1 Å². The Morgan fingerprint density at radius 3 is 2.68 bits per heavy atom. The third-order valence-electron chi connectivity index (χ3n) is 6.63. The summed E-state index contributed by atoms with van der Waals surface area (Å²) in [5.41, 5.74) is 2.24. The Hall–Kier alpha value is -2.87. The van der Waals surface area contributed by atoms with Gasteiger partial charge in [-0.3, -0.25) is 14.5 Å². The van der Waals surface area contributed by atoms with Gasteiger partial charge >= 0.3 is 0 Å². The maximum atomic E-state index is 13.2. The molecule has 2 saturated heterocycles. The quantitative estimate of drug-likeness (QED) is 0.399. The maximum Gasteiger partial charge on any atom is 0.295 e. The number of aliphatic hydroxyl groups excluding tert-OH is 1. The zero-order chi connectivity index (χ0) is 23.8. The van der Waals surface area contributed by atoms with E-state index in [-0.39, 0.29) is 17.4 Å². The number of aliphatic hydroxyl groups is 1. The topological polar surface area (TPSA) is 79.3 Å². The van der Waals surface area contributed by atoms with Crippen LogP contribution in [0.15, 0.2) is 48.0 Å². The highest BCUT2D eigenvalue weighted by atomic mass is 35.5.